The van der Waals surface area contributed by atoms with Gasteiger partial charge in [0, 0.05) is 31.9 Å². The highest BCUT2D eigenvalue weighted by atomic mass is 16.5. The van der Waals surface area contributed by atoms with Crippen LogP contribution in [-0.4, -0.2) is 53.3 Å². The number of aryl methyl sites for hydroxylation is 1. The summed E-state index contributed by atoms with van der Waals surface area (Å²) >= 11 is 0. The lowest BCUT2D eigenvalue weighted by Crippen LogP contribution is -2.41. The third kappa shape index (κ3) is 4.58. The Kier molecular flexibility index (Phi) is 5.95. The smallest absolute Gasteiger partial charge is 0.222 e. The number of amides is 1. The number of carbonyl (C=O) groups is 1. The highest BCUT2D eigenvalue weighted by Gasteiger charge is 2.22. The normalized spacial score (nSPS) is 16.4. The molecule has 0 spiro atoms. The Hall–Kier alpha value is -1.46. The van der Waals surface area contributed by atoms with E-state index in [4.69, 9.17) is 9.84 Å². The summed E-state index contributed by atoms with van der Waals surface area (Å²) < 4.78 is 5.49. The second-order valence-corrected chi connectivity index (χ2v) is 5.04. The summed E-state index contributed by atoms with van der Waals surface area (Å²) in [6.45, 7) is 1.95. The summed E-state index contributed by atoms with van der Waals surface area (Å²) in [4.78, 5) is 18.1. The Balaban J connectivity index is 1.69. The molecule has 0 radical (unpaired) electrons. The van der Waals surface area contributed by atoms with Gasteiger partial charge in [-0.25, -0.2) is 0 Å². The molecule has 0 atom stereocenters. The van der Waals surface area contributed by atoms with Crippen molar-refractivity contribution in [3.8, 4) is 0 Å². The molecular weight excluding hydrogens is 256 g/mol. The number of piperidine rings is 1. The number of aromatic nitrogens is 1. The molecule has 1 N–H and O–H groups in total. The summed E-state index contributed by atoms with van der Waals surface area (Å²) in [5, 5.41) is 8.72. The van der Waals surface area contributed by atoms with E-state index in [-0.39, 0.29) is 18.6 Å². The number of hydrogen-bond donors (Lipinski definition) is 1. The summed E-state index contributed by atoms with van der Waals surface area (Å²) in [6, 6.07) is 3.89. The molecule has 1 amide bonds. The van der Waals surface area contributed by atoms with Crippen LogP contribution in [0, 0.1) is 0 Å². The zero-order valence-electron chi connectivity index (χ0n) is 11.7. The van der Waals surface area contributed by atoms with Crippen LogP contribution in [0.1, 0.15) is 24.8 Å². The van der Waals surface area contributed by atoms with E-state index in [1.165, 1.54) is 0 Å². The monoisotopic (exact) mass is 278 g/mol. The van der Waals surface area contributed by atoms with Crippen LogP contribution >= 0.6 is 0 Å². The van der Waals surface area contributed by atoms with Crippen LogP contribution in [0.4, 0.5) is 0 Å². The van der Waals surface area contributed by atoms with Crippen LogP contribution in [-0.2, 0) is 16.0 Å². The molecular formula is C15H22N2O3. The van der Waals surface area contributed by atoms with Crippen molar-refractivity contribution in [1.82, 2.24) is 9.88 Å². The predicted octanol–water partition coefficient (Wildman–Crippen LogP) is 1.01. The molecule has 2 heterocycles. The largest absolute Gasteiger partial charge is 0.394 e. The lowest BCUT2D eigenvalue weighted by atomic mass is 10.1. The van der Waals surface area contributed by atoms with Gasteiger partial charge in [0.2, 0.25) is 5.91 Å². The first-order chi connectivity index (χ1) is 9.79. The number of rotatable bonds is 6. The Morgan fingerprint density at radius 2 is 2.25 bits per heavy atom. The van der Waals surface area contributed by atoms with E-state index in [9.17, 15) is 4.79 Å². The number of ether oxygens (including phenoxy) is 1. The van der Waals surface area contributed by atoms with Crippen LogP contribution in [0.2, 0.25) is 0 Å². The Labute approximate surface area is 119 Å². The summed E-state index contributed by atoms with van der Waals surface area (Å²) in [7, 11) is 0. The quantitative estimate of drug-likeness (QED) is 0.843. The Bertz CT molecular complexity index is 403. The van der Waals surface area contributed by atoms with Crippen molar-refractivity contribution >= 4 is 5.91 Å². The lowest BCUT2D eigenvalue weighted by molar-refractivity contribution is -0.133. The van der Waals surface area contributed by atoms with Gasteiger partial charge in [-0.15, -0.1) is 0 Å². The van der Waals surface area contributed by atoms with Gasteiger partial charge in [-0.05, 0) is 30.9 Å². The molecule has 1 saturated heterocycles. The maximum absolute atomic E-state index is 12.1. The summed E-state index contributed by atoms with van der Waals surface area (Å²) in [5.74, 6) is 0.203. The second-order valence-electron chi connectivity index (χ2n) is 5.04. The number of likely N-dealkylation sites (tertiary alicyclic amines) is 1. The second kappa shape index (κ2) is 7.97. The van der Waals surface area contributed by atoms with Crippen molar-refractivity contribution in [2.45, 2.75) is 31.8 Å². The van der Waals surface area contributed by atoms with Gasteiger partial charge >= 0.3 is 0 Å². The third-order valence-electron chi connectivity index (χ3n) is 3.59. The van der Waals surface area contributed by atoms with Gasteiger partial charge in [-0.2, -0.15) is 0 Å². The van der Waals surface area contributed by atoms with Crippen LogP contribution in [0.5, 0.6) is 0 Å². The van der Waals surface area contributed by atoms with Gasteiger partial charge < -0.3 is 14.7 Å². The fraction of sp³-hybridized carbons (Fsp3) is 0.600. The number of pyridine rings is 1. The molecule has 20 heavy (non-hydrogen) atoms. The zero-order valence-corrected chi connectivity index (χ0v) is 11.7. The first-order valence-electron chi connectivity index (χ1n) is 7.18. The van der Waals surface area contributed by atoms with Gasteiger partial charge in [0.25, 0.3) is 0 Å². The van der Waals surface area contributed by atoms with E-state index in [1.54, 1.807) is 6.20 Å². The van der Waals surface area contributed by atoms with E-state index in [1.807, 2.05) is 23.2 Å². The Morgan fingerprint density at radius 3 is 2.90 bits per heavy atom. The highest BCUT2D eigenvalue weighted by Crippen LogP contribution is 2.15. The molecule has 1 aromatic heterocycles. The number of aliphatic hydroxyl groups is 1. The molecule has 5 heteroatoms. The van der Waals surface area contributed by atoms with E-state index in [0.717, 1.165) is 37.9 Å². The van der Waals surface area contributed by atoms with E-state index in [0.29, 0.717) is 13.0 Å². The van der Waals surface area contributed by atoms with Gasteiger partial charge in [0.1, 0.15) is 0 Å². The van der Waals surface area contributed by atoms with Gasteiger partial charge in [0.05, 0.1) is 19.3 Å². The maximum atomic E-state index is 12.1. The molecule has 0 aromatic carbocycles. The van der Waals surface area contributed by atoms with Gasteiger partial charge in [0.15, 0.2) is 0 Å². The van der Waals surface area contributed by atoms with Crippen molar-refractivity contribution in [3.05, 3.63) is 30.1 Å². The first kappa shape index (κ1) is 14.9. The summed E-state index contributed by atoms with van der Waals surface area (Å²) in [5.41, 5.74) is 1.10. The average molecular weight is 278 g/mol. The minimum atomic E-state index is 0.0598. The van der Waals surface area contributed by atoms with Crippen molar-refractivity contribution in [3.63, 3.8) is 0 Å². The number of carbonyl (C=O) groups excluding carboxylic acids is 1. The Morgan fingerprint density at radius 1 is 1.45 bits per heavy atom. The van der Waals surface area contributed by atoms with Crippen LogP contribution < -0.4 is 0 Å². The molecule has 0 saturated carbocycles. The number of nitrogens with zero attached hydrogens (tertiary/aromatic N) is 2. The molecule has 110 valence electrons. The SMILES string of the molecule is O=C(CCc1cccnc1)N1CCC(OCCO)CC1. The van der Waals surface area contributed by atoms with Gasteiger partial charge in [-0.3, -0.25) is 9.78 Å². The van der Waals surface area contributed by atoms with Crippen molar-refractivity contribution in [2.24, 2.45) is 0 Å². The van der Waals surface area contributed by atoms with E-state index < -0.39 is 0 Å². The molecule has 0 aliphatic carbocycles. The fourth-order valence-corrected chi connectivity index (χ4v) is 2.45. The minimum absolute atomic E-state index is 0.0598. The average Bonchev–Trinajstić information content (AvgIpc) is 2.52. The van der Waals surface area contributed by atoms with Crippen LogP contribution in [0.15, 0.2) is 24.5 Å². The number of hydrogen-bond acceptors (Lipinski definition) is 4. The molecule has 2 rings (SSSR count). The number of aliphatic hydroxyl groups excluding tert-OH is 1. The highest BCUT2D eigenvalue weighted by molar-refractivity contribution is 5.76. The van der Waals surface area contributed by atoms with Crippen molar-refractivity contribution < 1.29 is 14.6 Å². The van der Waals surface area contributed by atoms with Crippen LogP contribution in [0.25, 0.3) is 0 Å². The zero-order chi connectivity index (χ0) is 14.2. The van der Waals surface area contributed by atoms with Crippen molar-refractivity contribution in [1.29, 1.82) is 0 Å². The first-order valence-corrected chi connectivity index (χ1v) is 7.18. The minimum Gasteiger partial charge on any atom is -0.394 e. The van der Waals surface area contributed by atoms with E-state index in [2.05, 4.69) is 4.98 Å². The molecule has 0 unspecified atom stereocenters. The van der Waals surface area contributed by atoms with Crippen molar-refractivity contribution in [2.75, 3.05) is 26.3 Å². The third-order valence-corrected chi connectivity index (χ3v) is 3.59. The fourth-order valence-electron chi connectivity index (χ4n) is 2.45. The molecule has 0 bridgehead atoms. The standard InChI is InChI=1S/C15H22N2O3/c18-10-11-20-14-5-8-17(9-6-14)15(19)4-3-13-2-1-7-16-12-13/h1-2,7,12,14,18H,3-6,8-11H2. The summed E-state index contributed by atoms with van der Waals surface area (Å²) in [6.07, 6.45) is 6.73. The molecule has 1 aromatic rings. The van der Waals surface area contributed by atoms with E-state index >= 15 is 0 Å². The maximum Gasteiger partial charge on any atom is 0.222 e. The van der Waals surface area contributed by atoms with Crippen LogP contribution in [0.3, 0.4) is 0 Å². The molecule has 1 aliphatic rings. The lowest BCUT2D eigenvalue weighted by Gasteiger charge is -2.32. The predicted molar refractivity (Wildman–Crippen MR) is 75.2 cm³/mol. The van der Waals surface area contributed by atoms with Gasteiger partial charge in [-0.1, -0.05) is 6.07 Å². The molecule has 1 aliphatic heterocycles. The topological polar surface area (TPSA) is 62.7 Å². The molecule has 1 fully saturated rings. The molecule has 5 nitrogen and oxygen atoms in total.